The first kappa shape index (κ1) is 14.6. The molecule has 0 aliphatic rings. The average molecular weight is 287 g/mol. The molecule has 0 saturated heterocycles. The van der Waals surface area contributed by atoms with Crippen molar-refractivity contribution in [2.45, 2.75) is 13.5 Å². The Morgan fingerprint density at radius 2 is 2.14 bits per heavy atom. The van der Waals surface area contributed by atoms with Crippen LogP contribution in [0.1, 0.15) is 5.56 Å². The number of carbonyl (C=O) groups excluding carboxylic acids is 1. The summed E-state index contributed by atoms with van der Waals surface area (Å²) in [6.07, 6.45) is 1.58. The predicted octanol–water partition coefficient (Wildman–Crippen LogP) is 1.39. The maximum absolute atomic E-state index is 12.0. The summed E-state index contributed by atoms with van der Waals surface area (Å²) in [7, 11) is 1.54. The number of amides is 1. The summed E-state index contributed by atoms with van der Waals surface area (Å²) in [5, 5.41) is 2.68. The predicted molar refractivity (Wildman–Crippen MR) is 81.5 cm³/mol. The van der Waals surface area contributed by atoms with E-state index in [9.17, 15) is 9.59 Å². The topological polar surface area (TPSA) is 86.3 Å². The van der Waals surface area contributed by atoms with Gasteiger partial charge in [0.25, 0.3) is 5.56 Å². The summed E-state index contributed by atoms with van der Waals surface area (Å²) in [6, 6.07) is 8.41. The number of aromatic nitrogens is 1. The molecule has 3 N–H and O–H groups in total. The Balaban J connectivity index is 2.12. The fraction of sp³-hybridized carbons (Fsp3) is 0.200. The van der Waals surface area contributed by atoms with Crippen LogP contribution in [0.3, 0.4) is 0 Å². The Hall–Kier alpha value is -2.76. The molecule has 2 aromatic rings. The smallest absolute Gasteiger partial charge is 0.253 e. The van der Waals surface area contributed by atoms with Crippen LogP contribution in [-0.2, 0) is 11.3 Å². The molecule has 2 rings (SSSR count). The molecule has 21 heavy (non-hydrogen) atoms. The lowest BCUT2D eigenvalue weighted by Crippen LogP contribution is -2.28. The number of benzene rings is 1. The van der Waals surface area contributed by atoms with E-state index in [1.807, 2.05) is 0 Å². The number of pyridine rings is 1. The number of nitrogen functional groups attached to an aromatic ring is 1. The van der Waals surface area contributed by atoms with Gasteiger partial charge in [0, 0.05) is 17.8 Å². The minimum Gasteiger partial charge on any atom is -0.497 e. The maximum Gasteiger partial charge on any atom is 0.253 e. The zero-order valence-electron chi connectivity index (χ0n) is 11.9. The SMILES string of the molecule is COc1ccc(NC(=O)Cn2cccc(C)c2=O)c(N)c1. The Kier molecular flexibility index (Phi) is 4.27. The molecule has 1 aromatic carbocycles. The van der Waals surface area contributed by atoms with Gasteiger partial charge >= 0.3 is 0 Å². The van der Waals surface area contributed by atoms with E-state index in [-0.39, 0.29) is 18.0 Å². The molecule has 0 atom stereocenters. The lowest BCUT2D eigenvalue weighted by atomic mass is 10.2. The van der Waals surface area contributed by atoms with E-state index in [1.54, 1.807) is 43.5 Å². The highest BCUT2D eigenvalue weighted by Gasteiger charge is 2.08. The Morgan fingerprint density at radius 1 is 1.38 bits per heavy atom. The monoisotopic (exact) mass is 287 g/mol. The second-order valence-electron chi connectivity index (χ2n) is 4.63. The van der Waals surface area contributed by atoms with Gasteiger partial charge in [0.15, 0.2) is 0 Å². The van der Waals surface area contributed by atoms with Gasteiger partial charge in [0.1, 0.15) is 12.3 Å². The van der Waals surface area contributed by atoms with Gasteiger partial charge in [-0.25, -0.2) is 0 Å². The standard InChI is InChI=1S/C15H17N3O3/c1-10-4-3-7-18(15(10)20)9-14(19)17-13-6-5-11(21-2)8-12(13)16/h3-8H,9,16H2,1-2H3,(H,17,19). The van der Waals surface area contributed by atoms with Crippen LogP contribution in [0.2, 0.25) is 0 Å². The van der Waals surface area contributed by atoms with Gasteiger partial charge in [-0.3, -0.25) is 9.59 Å². The van der Waals surface area contributed by atoms with Crippen LogP contribution in [0, 0.1) is 6.92 Å². The van der Waals surface area contributed by atoms with E-state index in [2.05, 4.69) is 5.32 Å². The molecule has 0 unspecified atom stereocenters. The molecular weight excluding hydrogens is 270 g/mol. The van der Waals surface area contributed by atoms with E-state index in [4.69, 9.17) is 10.5 Å². The Bertz CT molecular complexity index is 722. The summed E-state index contributed by atoms with van der Waals surface area (Å²) >= 11 is 0. The van der Waals surface area contributed by atoms with Gasteiger partial charge in [-0.15, -0.1) is 0 Å². The molecule has 0 spiro atoms. The Labute approximate surface area is 122 Å². The first-order valence-corrected chi connectivity index (χ1v) is 6.40. The number of methoxy groups -OCH3 is 1. The van der Waals surface area contributed by atoms with Gasteiger partial charge in [-0.05, 0) is 25.1 Å². The fourth-order valence-corrected chi connectivity index (χ4v) is 1.91. The van der Waals surface area contributed by atoms with Crippen molar-refractivity contribution in [1.82, 2.24) is 4.57 Å². The molecule has 0 bridgehead atoms. The van der Waals surface area contributed by atoms with Crippen molar-refractivity contribution in [1.29, 1.82) is 0 Å². The lowest BCUT2D eigenvalue weighted by molar-refractivity contribution is -0.116. The minimum atomic E-state index is -0.320. The molecule has 1 heterocycles. The number of ether oxygens (including phenoxy) is 1. The van der Waals surface area contributed by atoms with E-state index in [1.165, 1.54) is 11.7 Å². The molecule has 0 aliphatic heterocycles. The first-order chi connectivity index (χ1) is 10.0. The average Bonchev–Trinajstić information content (AvgIpc) is 2.46. The quantitative estimate of drug-likeness (QED) is 0.832. The van der Waals surface area contributed by atoms with Crippen LogP contribution in [0.25, 0.3) is 0 Å². The summed E-state index contributed by atoms with van der Waals surface area (Å²) in [6.45, 7) is 1.64. The summed E-state index contributed by atoms with van der Waals surface area (Å²) < 4.78 is 6.39. The molecular formula is C15H17N3O3. The number of carbonyl (C=O) groups is 1. The van der Waals surface area contributed by atoms with Crippen LogP contribution in [0.4, 0.5) is 11.4 Å². The van der Waals surface area contributed by atoms with Crippen molar-refractivity contribution >= 4 is 17.3 Å². The van der Waals surface area contributed by atoms with Gasteiger partial charge < -0.3 is 20.4 Å². The minimum absolute atomic E-state index is 0.0635. The van der Waals surface area contributed by atoms with Crippen LogP contribution in [0.15, 0.2) is 41.3 Å². The molecule has 0 saturated carbocycles. The van der Waals surface area contributed by atoms with Crippen LogP contribution >= 0.6 is 0 Å². The van der Waals surface area contributed by atoms with Crippen LogP contribution < -0.4 is 21.3 Å². The third kappa shape index (κ3) is 3.42. The molecule has 1 amide bonds. The summed E-state index contributed by atoms with van der Waals surface area (Å²) in [5.74, 6) is 0.292. The van der Waals surface area contributed by atoms with Crippen molar-refractivity contribution in [3.63, 3.8) is 0 Å². The normalized spacial score (nSPS) is 10.2. The molecule has 6 nitrogen and oxygen atoms in total. The van der Waals surface area contributed by atoms with E-state index < -0.39 is 0 Å². The number of nitrogens with zero attached hydrogens (tertiary/aromatic N) is 1. The molecule has 1 aromatic heterocycles. The number of nitrogens with two attached hydrogens (primary N) is 1. The molecule has 6 heteroatoms. The van der Waals surface area contributed by atoms with Gasteiger partial charge in [0.2, 0.25) is 5.91 Å². The highest BCUT2D eigenvalue weighted by molar-refractivity contribution is 5.93. The van der Waals surface area contributed by atoms with E-state index in [0.717, 1.165) is 0 Å². The molecule has 0 fully saturated rings. The number of anilines is 2. The van der Waals surface area contributed by atoms with Gasteiger partial charge in [-0.2, -0.15) is 0 Å². The second-order valence-corrected chi connectivity index (χ2v) is 4.63. The maximum atomic E-state index is 12.0. The van der Waals surface area contributed by atoms with Gasteiger partial charge in [-0.1, -0.05) is 6.07 Å². The number of nitrogens with one attached hydrogen (secondary N) is 1. The zero-order valence-corrected chi connectivity index (χ0v) is 11.9. The third-order valence-corrected chi connectivity index (χ3v) is 3.06. The molecule has 0 radical (unpaired) electrons. The number of hydrogen-bond donors (Lipinski definition) is 2. The highest BCUT2D eigenvalue weighted by atomic mass is 16.5. The summed E-state index contributed by atoms with van der Waals surface area (Å²) in [5.41, 5.74) is 7.13. The fourth-order valence-electron chi connectivity index (χ4n) is 1.91. The van der Waals surface area contributed by atoms with Crippen LogP contribution in [0.5, 0.6) is 5.75 Å². The number of aryl methyl sites for hydroxylation is 1. The Morgan fingerprint density at radius 3 is 2.81 bits per heavy atom. The van der Waals surface area contributed by atoms with Crippen molar-refractivity contribution in [3.05, 3.63) is 52.4 Å². The zero-order chi connectivity index (χ0) is 15.4. The highest BCUT2D eigenvalue weighted by Crippen LogP contribution is 2.23. The van der Waals surface area contributed by atoms with Crippen LogP contribution in [-0.4, -0.2) is 17.6 Å². The summed E-state index contributed by atoms with van der Waals surface area (Å²) in [4.78, 5) is 23.8. The third-order valence-electron chi connectivity index (χ3n) is 3.06. The van der Waals surface area contributed by atoms with E-state index in [0.29, 0.717) is 22.7 Å². The largest absolute Gasteiger partial charge is 0.497 e. The van der Waals surface area contributed by atoms with Crippen molar-refractivity contribution in [2.24, 2.45) is 0 Å². The molecule has 110 valence electrons. The number of rotatable bonds is 4. The first-order valence-electron chi connectivity index (χ1n) is 6.40. The van der Waals surface area contributed by atoms with Crippen molar-refractivity contribution < 1.29 is 9.53 Å². The van der Waals surface area contributed by atoms with Gasteiger partial charge in [0.05, 0.1) is 18.5 Å². The van der Waals surface area contributed by atoms with E-state index >= 15 is 0 Å². The molecule has 0 aliphatic carbocycles. The lowest BCUT2D eigenvalue weighted by Gasteiger charge is -2.11. The van der Waals surface area contributed by atoms with Crippen molar-refractivity contribution in [3.8, 4) is 5.75 Å². The second kappa shape index (κ2) is 6.13. The number of hydrogen-bond acceptors (Lipinski definition) is 4. The van der Waals surface area contributed by atoms with Crippen molar-refractivity contribution in [2.75, 3.05) is 18.2 Å².